The molecule has 2 N–H and O–H groups in total. The summed E-state index contributed by atoms with van der Waals surface area (Å²) in [7, 11) is 0. The summed E-state index contributed by atoms with van der Waals surface area (Å²) >= 11 is 0. The number of hydrogen-bond acceptors (Lipinski definition) is 2. The highest BCUT2D eigenvalue weighted by Crippen LogP contribution is 2.17. The molecular formula is C21H24F2N3O2+. The number of quaternary nitrogens is 1. The molecule has 1 fully saturated rings. The van der Waals surface area contributed by atoms with Crippen molar-refractivity contribution in [3.8, 4) is 0 Å². The molecule has 5 nitrogen and oxygen atoms in total. The minimum absolute atomic E-state index is 0.00417. The van der Waals surface area contributed by atoms with Crippen LogP contribution in [0.2, 0.25) is 0 Å². The van der Waals surface area contributed by atoms with Crippen molar-refractivity contribution >= 4 is 11.8 Å². The number of nitrogens with one attached hydrogen (secondary N) is 2. The van der Waals surface area contributed by atoms with Gasteiger partial charge in [0.1, 0.15) is 11.6 Å². The zero-order valence-corrected chi connectivity index (χ0v) is 15.8. The molecule has 0 spiro atoms. The van der Waals surface area contributed by atoms with E-state index in [0.717, 1.165) is 11.0 Å². The predicted molar refractivity (Wildman–Crippen MR) is 101 cm³/mol. The van der Waals surface area contributed by atoms with Gasteiger partial charge in [0.15, 0.2) is 6.54 Å². The maximum atomic E-state index is 13.8. The molecule has 2 aromatic carbocycles. The highest BCUT2D eigenvalue weighted by Gasteiger charge is 2.26. The molecule has 0 saturated carbocycles. The van der Waals surface area contributed by atoms with Gasteiger partial charge >= 0.3 is 0 Å². The molecule has 0 radical (unpaired) electrons. The van der Waals surface area contributed by atoms with Crippen LogP contribution in [0, 0.1) is 11.6 Å². The Morgan fingerprint density at radius 2 is 1.79 bits per heavy atom. The normalized spacial score (nSPS) is 15.9. The zero-order chi connectivity index (χ0) is 20.1. The highest BCUT2D eigenvalue weighted by molar-refractivity contribution is 5.94. The van der Waals surface area contributed by atoms with E-state index in [4.69, 9.17) is 0 Å². The summed E-state index contributed by atoms with van der Waals surface area (Å²) in [6.07, 6.45) is 0. The highest BCUT2D eigenvalue weighted by atomic mass is 19.1. The molecule has 1 aliphatic heterocycles. The van der Waals surface area contributed by atoms with Crippen LogP contribution in [0.4, 0.5) is 8.78 Å². The van der Waals surface area contributed by atoms with Gasteiger partial charge in [0.05, 0.1) is 32.2 Å². The topological polar surface area (TPSA) is 53.9 Å². The van der Waals surface area contributed by atoms with Crippen molar-refractivity contribution in [3.63, 3.8) is 0 Å². The molecule has 2 aromatic rings. The molecule has 3 rings (SSSR count). The molecule has 0 aromatic heterocycles. The van der Waals surface area contributed by atoms with Crippen LogP contribution in [0.1, 0.15) is 28.9 Å². The molecule has 1 atom stereocenters. The van der Waals surface area contributed by atoms with Gasteiger partial charge in [-0.3, -0.25) is 9.59 Å². The fraction of sp³-hybridized carbons (Fsp3) is 0.333. The van der Waals surface area contributed by atoms with Crippen molar-refractivity contribution < 1.29 is 23.3 Å². The SMILES string of the molecule is C[C@H](NC(=O)C[NH+]1CCN(C(=O)c2ccccc2)CC1)c1ccc(F)cc1F. The summed E-state index contributed by atoms with van der Waals surface area (Å²) in [5.41, 5.74) is 0.918. The lowest BCUT2D eigenvalue weighted by Crippen LogP contribution is -3.15. The van der Waals surface area contributed by atoms with Crippen LogP contribution in [-0.4, -0.2) is 49.4 Å². The lowest BCUT2D eigenvalue weighted by Gasteiger charge is -2.32. The van der Waals surface area contributed by atoms with E-state index in [2.05, 4.69) is 5.32 Å². The van der Waals surface area contributed by atoms with Crippen molar-refractivity contribution in [3.05, 3.63) is 71.3 Å². The van der Waals surface area contributed by atoms with Crippen LogP contribution in [-0.2, 0) is 4.79 Å². The Balaban J connectivity index is 1.48. The maximum Gasteiger partial charge on any atom is 0.275 e. The number of hydrogen-bond donors (Lipinski definition) is 2. The van der Waals surface area contributed by atoms with Gasteiger partial charge in [-0.2, -0.15) is 0 Å². The first-order valence-corrected chi connectivity index (χ1v) is 9.36. The third-order valence-corrected chi connectivity index (χ3v) is 5.00. The second kappa shape index (κ2) is 8.93. The Bertz CT molecular complexity index is 837. The first kappa shape index (κ1) is 19.9. The molecule has 1 saturated heterocycles. The second-order valence-electron chi connectivity index (χ2n) is 7.04. The van der Waals surface area contributed by atoms with Gasteiger partial charge in [-0.25, -0.2) is 8.78 Å². The minimum atomic E-state index is -0.673. The van der Waals surface area contributed by atoms with Gasteiger partial charge in [0, 0.05) is 17.2 Å². The monoisotopic (exact) mass is 388 g/mol. The van der Waals surface area contributed by atoms with Crippen LogP contribution < -0.4 is 10.2 Å². The van der Waals surface area contributed by atoms with Crippen molar-refractivity contribution in [1.82, 2.24) is 10.2 Å². The molecule has 0 unspecified atom stereocenters. The Morgan fingerprint density at radius 1 is 1.11 bits per heavy atom. The Hall–Kier alpha value is -2.80. The molecule has 148 valence electrons. The second-order valence-corrected chi connectivity index (χ2v) is 7.04. The van der Waals surface area contributed by atoms with Crippen LogP contribution in [0.15, 0.2) is 48.5 Å². The quantitative estimate of drug-likeness (QED) is 0.808. The number of benzene rings is 2. The number of nitrogens with zero attached hydrogens (tertiary/aromatic N) is 1. The molecule has 28 heavy (non-hydrogen) atoms. The fourth-order valence-electron chi connectivity index (χ4n) is 3.42. The van der Waals surface area contributed by atoms with Crippen molar-refractivity contribution in [1.29, 1.82) is 0 Å². The summed E-state index contributed by atoms with van der Waals surface area (Å²) in [5.74, 6) is -1.51. The third-order valence-electron chi connectivity index (χ3n) is 5.00. The summed E-state index contributed by atoms with van der Waals surface area (Å²) in [5, 5.41) is 2.76. The first-order valence-electron chi connectivity index (χ1n) is 9.36. The summed E-state index contributed by atoms with van der Waals surface area (Å²) in [4.78, 5) is 27.6. The van der Waals surface area contributed by atoms with E-state index in [1.807, 2.05) is 18.2 Å². The van der Waals surface area contributed by atoms with E-state index < -0.39 is 17.7 Å². The number of carbonyl (C=O) groups is 2. The Morgan fingerprint density at radius 3 is 2.43 bits per heavy atom. The number of amides is 2. The minimum Gasteiger partial charge on any atom is -0.345 e. The lowest BCUT2D eigenvalue weighted by atomic mass is 10.1. The van der Waals surface area contributed by atoms with Crippen molar-refractivity contribution in [2.45, 2.75) is 13.0 Å². The largest absolute Gasteiger partial charge is 0.345 e. The molecule has 0 aliphatic carbocycles. The number of piperazine rings is 1. The Labute approximate surface area is 162 Å². The number of carbonyl (C=O) groups excluding carboxylic acids is 2. The van der Waals surface area contributed by atoms with Gasteiger partial charge in [-0.1, -0.05) is 24.3 Å². The van der Waals surface area contributed by atoms with Gasteiger partial charge in [0.2, 0.25) is 0 Å². The molecule has 7 heteroatoms. The van der Waals surface area contributed by atoms with E-state index in [-0.39, 0.29) is 23.9 Å². The lowest BCUT2D eigenvalue weighted by molar-refractivity contribution is -0.896. The van der Waals surface area contributed by atoms with Crippen LogP contribution >= 0.6 is 0 Å². The summed E-state index contributed by atoms with van der Waals surface area (Å²) in [6, 6.07) is 11.9. The average molecular weight is 388 g/mol. The molecule has 1 heterocycles. The van der Waals surface area contributed by atoms with Gasteiger partial charge in [0.25, 0.3) is 11.8 Å². The van der Waals surface area contributed by atoms with E-state index in [1.165, 1.54) is 12.1 Å². The number of rotatable bonds is 5. The fourth-order valence-corrected chi connectivity index (χ4v) is 3.42. The van der Waals surface area contributed by atoms with Crippen molar-refractivity contribution in [2.75, 3.05) is 32.7 Å². The maximum absolute atomic E-state index is 13.8. The van der Waals surface area contributed by atoms with E-state index >= 15 is 0 Å². The van der Waals surface area contributed by atoms with Gasteiger partial charge in [-0.05, 0) is 25.1 Å². The average Bonchev–Trinajstić information content (AvgIpc) is 2.68. The molecule has 1 aliphatic rings. The van der Waals surface area contributed by atoms with Crippen LogP contribution in [0.25, 0.3) is 0 Å². The van der Waals surface area contributed by atoms with E-state index in [0.29, 0.717) is 31.7 Å². The molecular weight excluding hydrogens is 364 g/mol. The van der Waals surface area contributed by atoms with E-state index in [1.54, 1.807) is 24.0 Å². The summed E-state index contributed by atoms with van der Waals surface area (Å²) in [6.45, 7) is 4.42. The first-order chi connectivity index (χ1) is 13.4. The molecule has 2 amide bonds. The van der Waals surface area contributed by atoms with Gasteiger partial charge in [-0.15, -0.1) is 0 Å². The van der Waals surface area contributed by atoms with Crippen LogP contribution in [0.3, 0.4) is 0 Å². The predicted octanol–water partition coefficient (Wildman–Crippen LogP) is 1.18. The smallest absolute Gasteiger partial charge is 0.275 e. The summed E-state index contributed by atoms with van der Waals surface area (Å²) < 4.78 is 26.9. The van der Waals surface area contributed by atoms with Gasteiger partial charge < -0.3 is 15.1 Å². The molecule has 0 bridgehead atoms. The van der Waals surface area contributed by atoms with E-state index in [9.17, 15) is 18.4 Å². The standard InChI is InChI=1S/C21H23F2N3O2/c1-15(18-8-7-17(22)13-19(18)23)24-20(27)14-25-9-11-26(12-10-25)21(28)16-5-3-2-4-6-16/h2-8,13,15H,9-12,14H2,1H3,(H,24,27)/p+1/t15-/m0/s1. The zero-order valence-electron chi connectivity index (χ0n) is 15.8. The van der Waals surface area contributed by atoms with Crippen LogP contribution in [0.5, 0.6) is 0 Å². The Kier molecular flexibility index (Phi) is 6.36. The third kappa shape index (κ3) is 4.92. The van der Waals surface area contributed by atoms with Crippen molar-refractivity contribution in [2.24, 2.45) is 0 Å². The number of halogens is 2.